The summed E-state index contributed by atoms with van der Waals surface area (Å²) in [5.74, 6) is 1.01. The first-order chi connectivity index (χ1) is 9.63. The molecule has 0 amide bonds. The molecular formula is C17H22N2O. The highest BCUT2D eigenvalue weighted by Crippen LogP contribution is 2.29. The molecule has 0 bridgehead atoms. The van der Waals surface area contributed by atoms with Crippen LogP contribution in [0, 0.1) is 5.92 Å². The van der Waals surface area contributed by atoms with Gasteiger partial charge in [-0.05, 0) is 29.2 Å². The van der Waals surface area contributed by atoms with Crippen molar-refractivity contribution in [3.05, 3.63) is 42.0 Å². The molecule has 1 heterocycles. The molecule has 0 spiro atoms. The van der Waals surface area contributed by atoms with Crippen molar-refractivity contribution in [2.45, 2.75) is 25.9 Å². The molecule has 1 aliphatic heterocycles. The minimum absolute atomic E-state index is 0.246. The number of nitrogens with zero attached hydrogens (tertiary/aromatic N) is 1. The lowest BCUT2D eigenvalue weighted by atomic mass is 9.95. The number of phenols is 1. The van der Waals surface area contributed by atoms with Crippen molar-refractivity contribution >= 4 is 10.8 Å². The largest absolute Gasteiger partial charge is 0.508 e. The van der Waals surface area contributed by atoms with Gasteiger partial charge in [0.1, 0.15) is 5.75 Å². The molecule has 0 aromatic heterocycles. The molecule has 3 nitrogen and oxygen atoms in total. The first kappa shape index (κ1) is 13.4. The average molecular weight is 270 g/mol. The van der Waals surface area contributed by atoms with Gasteiger partial charge >= 0.3 is 0 Å². The van der Waals surface area contributed by atoms with Gasteiger partial charge in [-0.1, -0.05) is 37.3 Å². The molecule has 20 heavy (non-hydrogen) atoms. The smallest absolute Gasteiger partial charge is 0.120 e. The highest BCUT2D eigenvalue weighted by molar-refractivity contribution is 5.87. The van der Waals surface area contributed by atoms with E-state index >= 15 is 0 Å². The first-order valence-electron chi connectivity index (χ1n) is 7.31. The second-order valence-corrected chi connectivity index (χ2v) is 6.08. The first-order valence-corrected chi connectivity index (χ1v) is 7.31. The number of phenolic OH excluding ortho intramolecular Hbond substituents is 1. The summed E-state index contributed by atoms with van der Waals surface area (Å²) in [7, 11) is 0. The summed E-state index contributed by atoms with van der Waals surface area (Å²) < 4.78 is 0. The Labute approximate surface area is 120 Å². The Hall–Kier alpha value is -1.58. The van der Waals surface area contributed by atoms with Crippen LogP contribution in [-0.2, 0) is 6.54 Å². The fraction of sp³-hybridized carbons (Fsp3) is 0.412. The van der Waals surface area contributed by atoms with Crippen LogP contribution in [0.15, 0.2) is 36.4 Å². The number of fused-ring (bicyclic) bond motifs is 1. The van der Waals surface area contributed by atoms with Crippen molar-refractivity contribution in [3.8, 4) is 5.75 Å². The number of aromatic hydroxyl groups is 1. The minimum Gasteiger partial charge on any atom is -0.508 e. The molecule has 0 radical (unpaired) electrons. The molecule has 1 saturated heterocycles. The number of rotatable bonds is 2. The summed E-state index contributed by atoms with van der Waals surface area (Å²) in [6.45, 7) is 4.98. The molecule has 2 atom stereocenters. The van der Waals surface area contributed by atoms with Crippen LogP contribution >= 0.6 is 0 Å². The van der Waals surface area contributed by atoms with Gasteiger partial charge in [0.05, 0.1) is 0 Å². The van der Waals surface area contributed by atoms with Gasteiger partial charge in [0.2, 0.25) is 0 Å². The van der Waals surface area contributed by atoms with E-state index in [0.717, 1.165) is 37.0 Å². The zero-order valence-corrected chi connectivity index (χ0v) is 11.9. The Balaban J connectivity index is 1.92. The Kier molecular flexibility index (Phi) is 3.64. The number of likely N-dealkylation sites (tertiary alicyclic amines) is 1. The number of hydrogen-bond donors (Lipinski definition) is 2. The summed E-state index contributed by atoms with van der Waals surface area (Å²) in [6.07, 6.45) is 1.10. The zero-order valence-electron chi connectivity index (χ0n) is 11.9. The van der Waals surface area contributed by atoms with E-state index in [1.807, 2.05) is 18.2 Å². The average Bonchev–Trinajstić information content (AvgIpc) is 2.41. The van der Waals surface area contributed by atoms with Crippen molar-refractivity contribution in [2.75, 3.05) is 13.1 Å². The molecule has 1 aliphatic rings. The van der Waals surface area contributed by atoms with E-state index in [2.05, 4.69) is 24.0 Å². The molecule has 0 saturated carbocycles. The van der Waals surface area contributed by atoms with E-state index in [1.54, 1.807) is 6.07 Å². The molecule has 106 valence electrons. The van der Waals surface area contributed by atoms with Crippen LogP contribution in [-0.4, -0.2) is 29.1 Å². The van der Waals surface area contributed by atoms with Gasteiger partial charge < -0.3 is 10.8 Å². The summed E-state index contributed by atoms with van der Waals surface area (Å²) in [5.41, 5.74) is 7.13. The van der Waals surface area contributed by atoms with Crippen LogP contribution in [0.3, 0.4) is 0 Å². The second kappa shape index (κ2) is 5.43. The second-order valence-electron chi connectivity index (χ2n) is 6.08. The quantitative estimate of drug-likeness (QED) is 0.882. The Morgan fingerprint density at radius 3 is 2.80 bits per heavy atom. The molecule has 3 heteroatoms. The summed E-state index contributed by atoms with van der Waals surface area (Å²) in [4.78, 5) is 2.36. The van der Waals surface area contributed by atoms with Gasteiger partial charge in [-0.15, -0.1) is 0 Å². The van der Waals surface area contributed by atoms with Crippen LogP contribution in [0.5, 0.6) is 5.75 Å². The fourth-order valence-corrected chi connectivity index (χ4v) is 3.36. The van der Waals surface area contributed by atoms with Crippen molar-refractivity contribution < 1.29 is 5.11 Å². The Morgan fingerprint density at radius 2 is 2.00 bits per heavy atom. The van der Waals surface area contributed by atoms with E-state index in [4.69, 9.17) is 5.73 Å². The maximum Gasteiger partial charge on any atom is 0.120 e. The molecule has 2 aromatic carbocycles. The van der Waals surface area contributed by atoms with E-state index in [-0.39, 0.29) is 6.04 Å². The maximum atomic E-state index is 10.2. The molecule has 2 aromatic rings. The van der Waals surface area contributed by atoms with Crippen LogP contribution in [0.1, 0.15) is 18.9 Å². The van der Waals surface area contributed by atoms with Gasteiger partial charge in [-0.25, -0.2) is 0 Å². The van der Waals surface area contributed by atoms with Crippen LogP contribution < -0.4 is 5.73 Å². The lowest BCUT2D eigenvalue weighted by Crippen LogP contribution is -2.45. The SMILES string of the molecule is CC1CC(N)CN(Cc2c(O)ccc3ccccc23)C1. The predicted octanol–water partition coefficient (Wildman–Crippen LogP) is 2.71. The fourth-order valence-electron chi connectivity index (χ4n) is 3.36. The molecule has 2 unspecified atom stereocenters. The summed E-state index contributed by atoms with van der Waals surface area (Å²) >= 11 is 0. The highest BCUT2D eigenvalue weighted by Gasteiger charge is 2.23. The van der Waals surface area contributed by atoms with Crippen LogP contribution in [0.2, 0.25) is 0 Å². The van der Waals surface area contributed by atoms with Gasteiger partial charge in [-0.3, -0.25) is 4.90 Å². The maximum absolute atomic E-state index is 10.2. The van der Waals surface area contributed by atoms with E-state index in [9.17, 15) is 5.11 Å². The highest BCUT2D eigenvalue weighted by atomic mass is 16.3. The van der Waals surface area contributed by atoms with E-state index in [1.165, 1.54) is 5.39 Å². The number of piperidine rings is 1. The number of nitrogens with two attached hydrogens (primary N) is 1. The number of benzene rings is 2. The van der Waals surface area contributed by atoms with Crippen LogP contribution in [0.25, 0.3) is 10.8 Å². The normalized spacial score (nSPS) is 24.1. The van der Waals surface area contributed by atoms with Crippen molar-refractivity contribution in [3.63, 3.8) is 0 Å². The monoisotopic (exact) mass is 270 g/mol. The van der Waals surface area contributed by atoms with Gasteiger partial charge in [0.15, 0.2) is 0 Å². The predicted molar refractivity (Wildman–Crippen MR) is 82.6 cm³/mol. The topological polar surface area (TPSA) is 49.5 Å². The lowest BCUT2D eigenvalue weighted by Gasteiger charge is -2.35. The van der Waals surface area contributed by atoms with Gasteiger partial charge in [0, 0.05) is 31.2 Å². The summed E-state index contributed by atoms with van der Waals surface area (Å²) in [6, 6.07) is 12.2. The third-order valence-corrected chi connectivity index (χ3v) is 4.17. The van der Waals surface area contributed by atoms with Crippen LogP contribution in [0.4, 0.5) is 0 Å². The molecule has 1 fully saturated rings. The Bertz CT molecular complexity index is 601. The van der Waals surface area contributed by atoms with Gasteiger partial charge in [0.25, 0.3) is 0 Å². The van der Waals surface area contributed by atoms with Crippen molar-refractivity contribution in [1.29, 1.82) is 0 Å². The lowest BCUT2D eigenvalue weighted by molar-refractivity contribution is 0.157. The molecular weight excluding hydrogens is 248 g/mol. The minimum atomic E-state index is 0.246. The van der Waals surface area contributed by atoms with Crippen molar-refractivity contribution in [2.24, 2.45) is 11.7 Å². The van der Waals surface area contributed by atoms with E-state index < -0.39 is 0 Å². The van der Waals surface area contributed by atoms with E-state index in [0.29, 0.717) is 11.7 Å². The zero-order chi connectivity index (χ0) is 14.1. The number of hydrogen-bond acceptors (Lipinski definition) is 3. The molecule has 3 rings (SSSR count). The molecule has 0 aliphatic carbocycles. The third-order valence-electron chi connectivity index (χ3n) is 4.17. The van der Waals surface area contributed by atoms with Gasteiger partial charge in [-0.2, -0.15) is 0 Å². The Morgan fingerprint density at radius 1 is 1.20 bits per heavy atom. The van der Waals surface area contributed by atoms with Crippen molar-refractivity contribution in [1.82, 2.24) is 4.90 Å². The molecule has 3 N–H and O–H groups in total. The summed E-state index contributed by atoms with van der Waals surface area (Å²) in [5, 5.41) is 12.5. The standard InChI is InChI=1S/C17H22N2O/c1-12-8-14(18)10-19(9-12)11-16-15-5-3-2-4-13(15)6-7-17(16)20/h2-7,12,14,20H,8-11,18H2,1H3. The third kappa shape index (κ3) is 2.65.